The van der Waals surface area contributed by atoms with E-state index in [1.807, 2.05) is 11.3 Å². The van der Waals surface area contributed by atoms with Gasteiger partial charge in [-0.3, -0.25) is 4.90 Å². The van der Waals surface area contributed by atoms with Gasteiger partial charge in [0.15, 0.2) is 0 Å². The molecule has 7 heteroatoms. The molecule has 1 aromatic rings. The average Bonchev–Trinajstić information content (AvgIpc) is 3.04. The van der Waals surface area contributed by atoms with Gasteiger partial charge in [-0.15, -0.1) is 23.7 Å². The van der Waals surface area contributed by atoms with Crippen molar-refractivity contribution in [1.29, 1.82) is 0 Å². The van der Waals surface area contributed by atoms with Crippen LogP contribution < -0.4 is 10.6 Å². The van der Waals surface area contributed by atoms with Crippen molar-refractivity contribution < 1.29 is 5.11 Å². The van der Waals surface area contributed by atoms with Crippen LogP contribution in [0.3, 0.4) is 0 Å². The lowest BCUT2D eigenvalue weighted by Crippen LogP contribution is -2.35. The summed E-state index contributed by atoms with van der Waals surface area (Å²) in [7, 11) is 0. The lowest BCUT2D eigenvalue weighted by atomic mass is 10.1. The number of β-amino-alcohol motifs (C(OH)–C–C–N with tert-alkyl or cyclic N) is 1. The van der Waals surface area contributed by atoms with Gasteiger partial charge in [-0.1, -0.05) is 0 Å². The van der Waals surface area contributed by atoms with Gasteiger partial charge in [0.05, 0.1) is 11.8 Å². The highest BCUT2D eigenvalue weighted by Crippen LogP contribution is 2.26. The maximum atomic E-state index is 9.78. The molecule has 2 unspecified atom stereocenters. The Morgan fingerprint density at radius 1 is 1.45 bits per heavy atom. The Labute approximate surface area is 142 Å². The zero-order chi connectivity index (χ0) is 14.8. The summed E-state index contributed by atoms with van der Waals surface area (Å²) in [6.07, 6.45) is 0.872. The van der Waals surface area contributed by atoms with Crippen LogP contribution in [0.2, 0.25) is 0 Å². The number of aromatic nitrogens is 1. The van der Waals surface area contributed by atoms with Gasteiger partial charge in [-0.25, -0.2) is 4.98 Å². The summed E-state index contributed by atoms with van der Waals surface area (Å²) in [5.41, 5.74) is 1.30. The Kier molecular flexibility index (Phi) is 6.61. The molecule has 3 N–H and O–H groups in total. The maximum absolute atomic E-state index is 9.78. The number of fused-ring (bicyclic) bond motifs is 1. The Balaban J connectivity index is 0.00000176. The molecule has 2 atom stereocenters. The van der Waals surface area contributed by atoms with Crippen molar-refractivity contribution in [3.63, 3.8) is 0 Å². The van der Waals surface area contributed by atoms with Gasteiger partial charge in [-0.2, -0.15) is 0 Å². The fourth-order valence-corrected chi connectivity index (χ4v) is 4.19. The lowest BCUT2D eigenvalue weighted by molar-refractivity contribution is 0.146. The smallest absolute Gasteiger partial charge is 0.107 e. The van der Waals surface area contributed by atoms with E-state index in [-0.39, 0.29) is 18.5 Å². The molecule has 0 bridgehead atoms. The molecule has 0 aromatic carbocycles. The zero-order valence-corrected chi connectivity index (χ0v) is 15.0. The summed E-state index contributed by atoms with van der Waals surface area (Å²) >= 11 is 1.85. The Bertz CT molecular complexity index is 482. The third-order valence-corrected chi connectivity index (χ3v) is 5.60. The molecule has 3 rings (SSSR count). The van der Waals surface area contributed by atoms with Crippen LogP contribution in [0.5, 0.6) is 0 Å². The summed E-state index contributed by atoms with van der Waals surface area (Å²) in [4.78, 5) is 8.73. The van der Waals surface area contributed by atoms with Gasteiger partial charge in [0, 0.05) is 62.5 Å². The standard InChI is InChI=1S/C15H26N4OS.ClH/c1-10(2)19-4-3-12-14(9-19)21-15(18-12)8-17-6-11-5-16-7-13(11)20;/h10-11,13,16-17,20H,3-9H2,1-2H3;1H. The third kappa shape index (κ3) is 4.19. The highest BCUT2D eigenvalue weighted by Gasteiger charge is 2.25. The molecular formula is C15H27ClN4OS. The minimum Gasteiger partial charge on any atom is -0.391 e. The number of aliphatic hydroxyl groups excluding tert-OH is 1. The molecule has 1 aromatic heterocycles. The van der Waals surface area contributed by atoms with Crippen molar-refractivity contribution in [3.8, 4) is 0 Å². The van der Waals surface area contributed by atoms with Crippen LogP contribution in [0.15, 0.2) is 0 Å². The van der Waals surface area contributed by atoms with E-state index in [0.717, 1.165) is 45.7 Å². The molecule has 2 aliphatic rings. The van der Waals surface area contributed by atoms with E-state index in [1.165, 1.54) is 15.6 Å². The normalized spacial score (nSPS) is 25.3. The molecule has 0 saturated carbocycles. The highest BCUT2D eigenvalue weighted by atomic mass is 35.5. The molecule has 2 aliphatic heterocycles. The van der Waals surface area contributed by atoms with E-state index >= 15 is 0 Å². The number of hydrogen-bond acceptors (Lipinski definition) is 6. The van der Waals surface area contributed by atoms with Crippen LogP contribution >= 0.6 is 23.7 Å². The Hall–Kier alpha value is -0.240. The molecule has 1 fully saturated rings. The fraction of sp³-hybridized carbons (Fsp3) is 0.800. The molecule has 1 saturated heterocycles. The highest BCUT2D eigenvalue weighted by molar-refractivity contribution is 7.11. The second kappa shape index (κ2) is 8.04. The molecule has 126 valence electrons. The molecule has 0 spiro atoms. The van der Waals surface area contributed by atoms with Crippen LogP contribution in [-0.2, 0) is 19.5 Å². The van der Waals surface area contributed by atoms with Crippen LogP contribution in [-0.4, -0.2) is 53.3 Å². The number of aliphatic hydroxyl groups is 1. The van der Waals surface area contributed by atoms with Gasteiger partial charge >= 0.3 is 0 Å². The van der Waals surface area contributed by atoms with Crippen LogP contribution in [0, 0.1) is 5.92 Å². The van der Waals surface area contributed by atoms with Crippen LogP contribution in [0.4, 0.5) is 0 Å². The summed E-state index contributed by atoms with van der Waals surface area (Å²) in [5.74, 6) is 0.330. The van der Waals surface area contributed by atoms with E-state index in [2.05, 4.69) is 29.4 Å². The van der Waals surface area contributed by atoms with E-state index in [9.17, 15) is 5.11 Å². The van der Waals surface area contributed by atoms with Crippen molar-refractivity contribution in [2.24, 2.45) is 5.92 Å². The predicted octanol–water partition coefficient (Wildman–Crippen LogP) is 1.00. The summed E-state index contributed by atoms with van der Waals surface area (Å²) in [6, 6.07) is 0.609. The molecule has 3 heterocycles. The summed E-state index contributed by atoms with van der Waals surface area (Å²) in [6.45, 7) is 10.0. The van der Waals surface area contributed by atoms with Crippen molar-refractivity contribution in [2.45, 2.75) is 45.5 Å². The second-order valence-electron chi connectivity index (χ2n) is 6.41. The van der Waals surface area contributed by atoms with Gasteiger partial charge < -0.3 is 15.7 Å². The predicted molar refractivity (Wildman–Crippen MR) is 92.7 cm³/mol. The van der Waals surface area contributed by atoms with Crippen molar-refractivity contribution >= 4 is 23.7 Å². The molecule has 0 aliphatic carbocycles. The topological polar surface area (TPSA) is 60.4 Å². The minimum absolute atomic E-state index is 0. The zero-order valence-electron chi connectivity index (χ0n) is 13.3. The van der Waals surface area contributed by atoms with E-state index in [1.54, 1.807) is 0 Å². The summed E-state index contributed by atoms with van der Waals surface area (Å²) < 4.78 is 0. The number of thiazole rings is 1. The Morgan fingerprint density at radius 2 is 2.27 bits per heavy atom. The first kappa shape index (κ1) is 18.1. The fourth-order valence-electron chi connectivity index (χ4n) is 3.08. The second-order valence-corrected chi connectivity index (χ2v) is 7.58. The largest absolute Gasteiger partial charge is 0.391 e. The number of hydrogen-bond donors (Lipinski definition) is 3. The van der Waals surface area contributed by atoms with Gasteiger partial charge in [-0.05, 0) is 13.8 Å². The van der Waals surface area contributed by atoms with Gasteiger partial charge in [0.25, 0.3) is 0 Å². The molecular weight excluding hydrogens is 320 g/mol. The number of nitrogens with one attached hydrogen (secondary N) is 2. The maximum Gasteiger partial charge on any atom is 0.107 e. The van der Waals surface area contributed by atoms with Crippen LogP contribution in [0.1, 0.15) is 29.4 Å². The van der Waals surface area contributed by atoms with E-state index in [0.29, 0.717) is 12.0 Å². The SMILES string of the molecule is CC(C)N1CCc2nc(CNCC3CNCC3O)sc2C1.Cl. The molecule has 22 heavy (non-hydrogen) atoms. The first-order valence-electron chi connectivity index (χ1n) is 7.94. The van der Waals surface area contributed by atoms with Gasteiger partial charge in [0.2, 0.25) is 0 Å². The molecule has 0 amide bonds. The quantitative estimate of drug-likeness (QED) is 0.742. The minimum atomic E-state index is -0.207. The Morgan fingerprint density at radius 3 is 2.95 bits per heavy atom. The number of rotatable bonds is 5. The van der Waals surface area contributed by atoms with E-state index in [4.69, 9.17) is 4.98 Å². The van der Waals surface area contributed by atoms with Crippen molar-refractivity contribution in [3.05, 3.63) is 15.6 Å². The van der Waals surface area contributed by atoms with E-state index < -0.39 is 0 Å². The van der Waals surface area contributed by atoms with Crippen LogP contribution in [0.25, 0.3) is 0 Å². The third-order valence-electron chi connectivity index (χ3n) is 4.52. The first-order chi connectivity index (χ1) is 10.1. The van der Waals surface area contributed by atoms with Crippen molar-refractivity contribution in [2.75, 3.05) is 26.2 Å². The average molecular weight is 347 g/mol. The monoisotopic (exact) mass is 346 g/mol. The lowest BCUT2D eigenvalue weighted by Gasteiger charge is -2.29. The number of nitrogens with zero attached hydrogens (tertiary/aromatic N) is 2. The molecule has 0 radical (unpaired) electrons. The first-order valence-corrected chi connectivity index (χ1v) is 8.76. The summed E-state index contributed by atoms with van der Waals surface area (Å²) in [5, 5.41) is 17.6. The van der Waals surface area contributed by atoms with Crippen molar-refractivity contribution in [1.82, 2.24) is 20.5 Å². The number of halogens is 1. The molecule has 5 nitrogen and oxygen atoms in total. The van der Waals surface area contributed by atoms with Gasteiger partial charge in [0.1, 0.15) is 5.01 Å².